The average molecular weight is 600 g/mol. The molecule has 1 saturated heterocycles. The first-order valence-corrected chi connectivity index (χ1v) is 13.9. The van der Waals surface area contributed by atoms with Crippen LogP contribution in [-0.4, -0.2) is 55.4 Å². The number of rotatable bonds is 10. The van der Waals surface area contributed by atoms with Crippen LogP contribution in [0.4, 0.5) is 22.0 Å². The Kier molecular flexibility index (Phi) is 10.1. The average Bonchev–Trinajstić information content (AvgIpc) is 3.40. The zero-order valence-electron chi connectivity index (χ0n) is 21.2. The number of aliphatic hydroxyl groups is 1. The van der Waals surface area contributed by atoms with E-state index in [4.69, 9.17) is 9.47 Å². The van der Waals surface area contributed by atoms with E-state index >= 15 is 0 Å². The highest BCUT2D eigenvalue weighted by Gasteiger charge is 2.41. The fourth-order valence-electron chi connectivity index (χ4n) is 4.03. The summed E-state index contributed by atoms with van der Waals surface area (Å²) in [6, 6.07) is 9.07. The molecule has 1 N–H and O–H groups in total. The summed E-state index contributed by atoms with van der Waals surface area (Å²) < 4.78 is 78.5. The van der Waals surface area contributed by atoms with Gasteiger partial charge in [0.15, 0.2) is 6.29 Å². The van der Waals surface area contributed by atoms with E-state index in [1.54, 1.807) is 43.4 Å². The molecule has 2 aromatic carbocycles. The predicted molar refractivity (Wildman–Crippen MR) is 143 cm³/mol. The van der Waals surface area contributed by atoms with Crippen LogP contribution >= 0.6 is 23.5 Å². The normalized spacial score (nSPS) is 20.7. The van der Waals surface area contributed by atoms with Gasteiger partial charge in [0.05, 0.1) is 25.0 Å². The molecule has 1 aliphatic heterocycles. The third-order valence-corrected chi connectivity index (χ3v) is 8.21. The van der Waals surface area contributed by atoms with Gasteiger partial charge in [0.2, 0.25) is 0 Å². The quantitative estimate of drug-likeness (QED) is 0.169. The van der Waals surface area contributed by atoms with Crippen molar-refractivity contribution < 1.29 is 36.5 Å². The summed E-state index contributed by atoms with van der Waals surface area (Å²) in [5, 5.41) is 14.9. The lowest BCUT2D eigenvalue weighted by Gasteiger charge is -2.37. The van der Waals surface area contributed by atoms with Crippen molar-refractivity contribution >= 4 is 29.6 Å². The molecule has 0 bridgehead atoms. The number of ether oxygens (including phenoxy) is 2. The molecule has 40 heavy (non-hydrogen) atoms. The van der Waals surface area contributed by atoms with E-state index in [2.05, 4.69) is 10.1 Å². The van der Waals surface area contributed by atoms with Crippen LogP contribution in [0.25, 0.3) is 6.08 Å². The van der Waals surface area contributed by atoms with Gasteiger partial charge >= 0.3 is 5.51 Å². The van der Waals surface area contributed by atoms with E-state index < -0.39 is 34.3 Å². The second kappa shape index (κ2) is 13.3. The van der Waals surface area contributed by atoms with Crippen molar-refractivity contribution in [3.8, 4) is 0 Å². The molecule has 1 fully saturated rings. The van der Waals surface area contributed by atoms with E-state index in [1.807, 2.05) is 0 Å². The molecular weight excluding hydrogens is 573 g/mol. The van der Waals surface area contributed by atoms with Crippen LogP contribution in [0.3, 0.4) is 0 Å². The second-order valence-electron chi connectivity index (χ2n) is 8.94. The van der Waals surface area contributed by atoms with Crippen LogP contribution < -0.4 is 0 Å². The number of benzene rings is 2. The van der Waals surface area contributed by atoms with Gasteiger partial charge in [0.1, 0.15) is 29.9 Å². The van der Waals surface area contributed by atoms with Crippen molar-refractivity contribution in [2.45, 2.75) is 46.3 Å². The van der Waals surface area contributed by atoms with Crippen molar-refractivity contribution in [1.29, 1.82) is 0 Å². The molecule has 2 atom stereocenters. The Morgan fingerprint density at radius 3 is 2.45 bits per heavy atom. The summed E-state index contributed by atoms with van der Waals surface area (Å²) in [7, 11) is 0. The summed E-state index contributed by atoms with van der Waals surface area (Å²) in [4.78, 5) is 3.99. The van der Waals surface area contributed by atoms with Gasteiger partial charge in [-0.2, -0.15) is 18.3 Å². The summed E-state index contributed by atoms with van der Waals surface area (Å²) >= 11 is 1.20. The molecule has 1 aromatic heterocycles. The van der Waals surface area contributed by atoms with Crippen molar-refractivity contribution in [2.24, 2.45) is 0 Å². The number of hydrogen-bond acceptors (Lipinski definition) is 7. The zero-order valence-corrected chi connectivity index (χ0v) is 22.8. The molecule has 4 rings (SSSR count). The lowest BCUT2D eigenvalue weighted by molar-refractivity contribution is -0.146. The van der Waals surface area contributed by atoms with Crippen molar-refractivity contribution in [2.75, 3.05) is 13.2 Å². The minimum absolute atomic E-state index is 0.0524. The Labute approximate surface area is 236 Å². The van der Waals surface area contributed by atoms with Gasteiger partial charge in [-0.15, -0.1) is 11.8 Å². The Morgan fingerprint density at radius 2 is 1.82 bits per heavy atom. The van der Waals surface area contributed by atoms with Crippen molar-refractivity contribution in [3.63, 3.8) is 0 Å². The molecule has 2 heterocycles. The summed E-state index contributed by atoms with van der Waals surface area (Å²) in [5.74, 6) is -1.61. The van der Waals surface area contributed by atoms with Gasteiger partial charge < -0.3 is 14.6 Å². The van der Waals surface area contributed by atoms with Gasteiger partial charge in [-0.3, -0.25) is 0 Å². The van der Waals surface area contributed by atoms with Crippen LogP contribution in [0.15, 0.2) is 78.2 Å². The first-order chi connectivity index (χ1) is 19.0. The van der Waals surface area contributed by atoms with Crippen molar-refractivity contribution in [3.05, 3.63) is 96.1 Å². The molecular formula is C27H26F5N3O3S2. The Morgan fingerprint density at radius 1 is 1.10 bits per heavy atom. The highest BCUT2D eigenvalue weighted by molar-refractivity contribution is 8.00. The molecule has 0 amide bonds. The lowest BCUT2D eigenvalue weighted by atomic mass is 9.90. The van der Waals surface area contributed by atoms with Crippen molar-refractivity contribution in [1.82, 2.24) is 14.8 Å². The van der Waals surface area contributed by atoms with Gasteiger partial charge in [-0.25, -0.2) is 18.4 Å². The standard InChI is InChI=1S/C27H26F5N3O3S2/c1-18(26(36,15-35-17-33-16-34-35)23-11-8-20(28)12-24(23)29)39-22-13-37-25(38-14-22)5-3-2-4-19-6-9-21(10-7-19)40-27(30,31)32/h2-12,16-18,22,25,36H,13-15H2,1H3/b4-2+,5-3+/t18-,22-,25-,26-/m1/s1. The molecule has 0 saturated carbocycles. The maximum absolute atomic E-state index is 14.7. The van der Waals surface area contributed by atoms with Gasteiger partial charge in [0, 0.05) is 21.8 Å². The molecule has 3 aromatic rings. The molecule has 0 radical (unpaired) electrons. The van der Waals surface area contributed by atoms with Gasteiger partial charge in [0.25, 0.3) is 0 Å². The van der Waals surface area contributed by atoms with Crippen LogP contribution in [0, 0.1) is 11.6 Å². The van der Waals surface area contributed by atoms with Crippen LogP contribution in [0.5, 0.6) is 0 Å². The van der Waals surface area contributed by atoms with E-state index in [0.29, 0.717) is 13.2 Å². The zero-order chi connectivity index (χ0) is 28.8. The van der Waals surface area contributed by atoms with Gasteiger partial charge in [-0.05, 0) is 41.6 Å². The highest BCUT2D eigenvalue weighted by Crippen LogP contribution is 2.39. The molecule has 13 heteroatoms. The van der Waals surface area contributed by atoms with E-state index in [0.717, 1.165) is 17.7 Å². The maximum atomic E-state index is 14.7. The topological polar surface area (TPSA) is 69.4 Å². The third-order valence-electron chi connectivity index (χ3n) is 6.01. The molecule has 0 aliphatic carbocycles. The SMILES string of the molecule is C[C@@H](S[C@H]1CO[C@H](/C=C/C=C/c2ccc(SC(F)(F)F)cc2)OC1)[C@](O)(Cn1cncn1)c1ccc(F)cc1F. The second-order valence-corrected chi connectivity index (χ2v) is 11.7. The number of allylic oxidation sites excluding steroid dienone is 2. The lowest BCUT2D eigenvalue weighted by Crippen LogP contribution is -2.43. The number of nitrogens with zero attached hydrogens (tertiary/aromatic N) is 3. The molecule has 214 valence electrons. The molecule has 1 aliphatic rings. The van der Waals surface area contributed by atoms with Crippen LogP contribution in [0.1, 0.15) is 18.1 Å². The van der Waals surface area contributed by atoms with Gasteiger partial charge in [-0.1, -0.05) is 43.4 Å². The smallest absolute Gasteiger partial charge is 0.382 e. The largest absolute Gasteiger partial charge is 0.446 e. The number of alkyl halides is 3. The predicted octanol–water partition coefficient (Wildman–Crippen LogP) is 6.19. The fraction of sp³-hybridized carbons (Fsp3) is 0.333. The number of thioether (sulfide) groups is 2. The summed E-state index contributed by atoms with van der Waals surface area (Å²) in [6.45, 7) is 2.25. The van der Waals surface area contributed by atoms with E-state index in [1.165, 1.54) is 47.3 Å². The number of hydrogen-bond donors (Lipinski definition) is 1. The first kappa shape index (κ1) is 30.3. The summed E-state index contributed by atoms with van der Waals surface area (Å²) in [5.41, 5.74) is -5.37. The highest BCUT2D eigenvalue weighted by atomic mass is 32.2. The number of halogens is 5. The number of aromatic nitrogens is 3. The maximum Gasteiger partial charge on any atom is 0.446 e. The first-order valence-electron chi connectivity index (χ1n) is 12.1. The Hall–Kier alpha value is -2.71. The molecule has 0 unspecified atom stereocenters. The van der Waals surface area contributed by atoms with E-state index in [9.17, 15) is 27.1 Å². The third kappa shape index (κ3) is 8.40. The monoisotopic (exact) mass is 599 g/mol. The summed E-state index contributed by atoms with van der Waals surface area (Å²) in [6.07, 6.45) is 8.99. The minimum atomic E-state index is -4.32. The minimum Gasteiger partial charge on any atom is -0.382 e. The van der Waals surface area contributed by atoms with Crippen LogP contribution in [-0.2, 0) is 21.6 Å². The molecule has 6 nitrogen and oxygen atoms in total. The molecule has 0 spiro atoms. The Bertz CT molecular complexity index is 1300. The van der Waals surface area contributed by atoms with Crippen LogP contribution in [0.2, 0.25) is 0 Å². The van der Waals surface area contributed by atoms with E-state index in [-0.39, 0.29) is 34.0 Å². The fourth-order valence-corrected chi connectivity index (χ4v) is 5.89. The Balaban J connectivity index is 1.31.